The van der Waals surface area contributed by atoms with E-state index in [1.54, 1.807) is 21.3 Å². The van der Waals surface area contributed by atoms with Gasteiger partial charge in [-0.2, -0.15) is 0 Å². The van der Waals surface area contributed by atoms with Gasteiger partial charge in [0.05, 0.1) is 21.3 Å². The van der Waals surface area contributed by atoms with Crippen molar-refractivity contribution in [1.82, 2.24) is 0 Å². The van der Waals surface area contributed by atoms with Crippen molar-refractivity contribution in [2.45, 2.75) is 0 Å². The van der Waals surface area contributed by atoms with Crippen LogP contribution in [-0.2, 0) is 0 Å². The summed E-state index contributed by atoms with van der Waals surface area (Å²) < 4.78 is 16.8. The molecule has 0 unspecified atom stereocenters. The minimum absolute atomic E-state index is 0.598. The molecule has 0 atom stereocenters. The van der Waals surface area contributed by atoms with Crippen molar-refractivity contribution >= 4 is 47.7 Å². The van der Waals surface area contributed by atoms with E-state index in [9.17, 15) is 0 Å². The van der Waals surface area contributed by atoms with Gasteiger partial charge in [-0.05, 0) is 50.0 Å². The SMILES string of the molecule is COc1ccccc1P(c1ccccc1)c1ccccc1.COc1ccccc1P(c1ccccc1)c1ccccc1OC. The first-order valence-corrected chi connectivity index (χ1v) is 17.1. The van der Waals surface area contributed by atoms with Gasteiger partial charge in [0, 0.05) is 15.9 Å². The summed E-state index contributed by atoms with van der Waals surface area (Å²) in [5.41, 5.74) is 0. The molecule has 220 valence electrons. The fraction of sp³-hybridized carbons (Fsp3) is 0.0769. The van der Waals surface area contributed by atoms with Crippen LogP contribution in [0.2, 0.25) is 0 Å². The average Bonchev–Trinajstić information content (AvgIpc) is 3.11. The molecule has 0 aliphatic carbocycles. The summed E-state index contributed by atoms with van der Waals surface area (Å²) in [5.74, 6) is 2.78. The van der Waals surface area contributed by atoms with Gasteiger partial charge in [-0.1, -0.05) is 146 Å². The zero-order chi connectivity index (χ0) is 30.6. The monoisotopic (exact) mass is 614 g/mol. The molecule has 0 heterocycles. The van der Waals surface area contributed by atoms with Gasteiger partial charge in [0.15, 0.2) is 0 Å². The minimum atomic E-state index is -0.749. The van der Waals surface area contributed by atoms with Gasteiger partial charge in [-0.25, -0.2) is 0 Å². The fourth-order valence-electron chi connectivity index (χ4n) is 5.01. The molecule has 0 radical (unpaired) electrons. The maximum Gasteiger partial charge on any atom is 0.127 e. The second-order valence-corrected chi connectivity index (χ2v) is 14.0. The summed E-state index contributed by atoms with van der Waals surface area (Å²) in [5, 5.41) is 7.59. The third-order valence-electron chi connectivity index (χ3n) is 7.02. The van der Waals surface area contributed by atoms with Gasteiger partial charge in [0.1, 0.15) is 17.2 Å². The van der Waals surface area contributed by atoms with Gasteiger partial charge in [-0.3, -0.25) is 0 Å². The molecule has 3 nitrogen and oxygen atoms in total. The zero-order valence-electron chi connectivity index (χ0n) is 25.2. The van der Waals surface area contributed by atoms with Crippen molar-refractivity contribution in [2.75, 3.05) is 21.3 Å². The molecule has 0 N–H and O–H groups in total. The standard InChI is InChI=1S/C20H19O2P.C19H17OP/c1-21-17-12-6-8-14-19(17)23(16-10-4-3-5-11-16)20-15-9-7-13-18(20)22-2;1-20-18-14-8-9-15-19(18)21(16-10-4-2-5-11-16)17-12-6-3-7-13-17/h3-15H,1-2H3;2-15H,1H3. The lowest BCUT2D eigenvalue weighted by Crippen LogP contribution is -2.23. The third kappa shape index (κ3) is 7.37. The van der Waals surface area contributed by atoms with Gasteiger partial charge < -0.3 is 14.2 Å². The predicted octanol–water partition coefficient (Wildman–Crippen LogP) is 6.92. The molecule has 0 saturated heterocycles. The Morgan fingerprint density at radius 3 is 0.864 bits per heavy atom. The van der Waals surface area contributed by atoms with E-state index >= 15 is 0 Å². The van der Waals surface area contributed by atoms with Crippen LogP contribution < -0.4 is 46.0 Å². The van der Waals surface area contributed by atoms with Crippen molar-refractivity contribution < 1.29 is 14.2 Å². The van der Waals surface area contributed by atoms with E-state index < -0.39 is 15.8 Å². The molecule has 0 saturated carbocycles. The van der Waals surface area contributed by atoms with Crippen LogP contribution in [0.5, 0.6) is 17.2 Å². The van der Waals surface area contributed by atoms with Crippen LogP contribution in [0.4, 0.5) is 0 Å². The normalized spacial score (nSPS) is 10.6. The summed E-state index contributed by atoms with van der Waals surface area (Å²) >= 11 is 0. The van der Waals surface area contributed by atoms with Gasteiger partial charge in [0.25, 0.3) is 0 Å². The average molecular weight is 615 g/mol. The predicted molar refractivity (Wildman–Crippen MR) is 190 cm³/mol. The molecule has 6 rings (SSSR count). The Kier molecular flexibility index (Phi) is 11.2. The van der Waals surface area contributed by atoms with E-state index in [0.717, 1.165) is 17.2 Å². The number of ether oxygens (including phenoxy) is 3. The highest BCUT2D eigenvalue weighted by molar-refractivity contribution is 7.80. The highest BCUT2D eigenvalue weighted by atomic mass is 31.1. The molecular weight excluding hydrogens is 578 g/mol. The molecule has 0 spiro atoms. The quantitative estimate of drug-likeness (QED) is 0.166. The number of para-hydroxylation sites is 3. The lowest BCUT2D eigenvalue weighted by atomic mass is 10.3. The largest absolute Gasteiger partial charge is 0.496 e. The molecule has 0 aromatic heterocycles. The summed E-state index contributed by atoms with van der Waals surface area (Å²) in [6.07, 6.45) is 0. The molecule has 44 heavy (non-hydrogen) atoms. The Hall–Kier alpha value is -4.42. The molecule has 0 aliphatic rings. The summed E-state index contributed by atoms with van der Waals surface area (Å²) in [6, 6.07) is 56.6. The topological polar surface area (TPSA) is 27.7 Å². The van der Waals surface area contributed by atoms with Crippen molar-refractivity contribution in [2.24, 2.45) is 0 Å². The van der Waals surface area contributed by atoms with Crippen molar-refractivity contribution in [3.8, 4) is 17.2 Å². The molecule has 0 aliphatic heterocycles. The Bertz CT molecular complexity index is 1640. The maximum atomic E-state index is 5.62. The number of rotatable bonds is 9. The van der Waals surface area contributed by atoms with E-state index in [-0.39, 0.29) is 0 Å². The van der Waals surface area contributed by atoms with Crippen LogP contribution in [0.1, 0.15) is 0 Å². The van der Waals surface area contributed by atoms with Crippen LogP contribution in [0, 0.1) is 0 Å². The van der Waals surface area contributed by atoms with E-state index in [4.69, 9.17) is 14.2 Å². The Morgan fingerprint density at radius 2 is 0.545 bits per heavy atom. The van der Waals surface area contributed by atoms with E-state index in [1.807, 2.05) is 42.5 Å². The molecular formula is C39H36O3P2. The van der Waals surface area contributed by atoms with E-state index in [0.29, 0.717) is 0 Å². The second-order valence-electron chi connectivity index (χ2n) is 9.69. The molecule has 6 aromatic rings. The Morgan fingerprint density at radius 1 is 0.295 bits per heavy atom. The lowest BCUT2D eigenvalue weighted by Gasteiger charge is -2.23. The maximum absolute atomic E-state index is 5.62. The highest BCUT2D eigenvalue weighted by Gasteiger charge is 2.23. The van der Waals surface area contributed by atoms with E-state index in [2.05, 4.69) is 121 Å². The molecule has 0 amide bonds. The van der Waals surface area contributed by atoms with Gasteiger partial charge in [0.2, 0.25) is 0 Å². The molecule has 0 fully saturated rings. The van der Waals surface area contributed by atoms with Crippen LogP contribution in [0.3, 0.4) is 0 Å². The Labute approximate surface area is 263 Å². The number of benzene rings is 6. The van der Waals surface area contributed by atoms with Crippen LogP contribution in [0.15, 0.2) is 164 Å². The van der Waals surface area contributed by atoms with Crippen LogP contribution >= 0.6 is 15.8 Å². The molecule has 6 aromatic carbocycles. The third-order valence-corrected chi connectivity index (χ3v) is 12.0. The lowest BCUT2D eigenvalue weighted by molar-refractivity contribution is 0.417. The first kappa shape index (κ1) is 31.0. The summed E-state index contributed by atoms with van der Waals surface area (Å²) in [6.45, 7) is 0. The second kappa shape index (κ2) is 15.9. The Balaban J connectivity index is 0.000000175. The van der Waals surface area contributed by atoms with Crippen LogP contribution in [0.25, 0.3) is 0 Å². The van der Waals surface area contributed by atoms with Crippen molar-refractivity contribution in [3.05, 3.63) is 164 Å². The van der Waals surface area contributed by atoms with Gasteiger partial charge in [-0.15, -0.1) is 0 Å². The molecule has 5 heteroatoms. The minimum Gasteiger partial charge on any atom is -0.496 e. The number of methoxy groups -OCH3 is 3. The van der Waals surface area contributed by atoms with Crippen molar-refractivity contribution in [3.63, 3.8) is 0 Å². The molecule has 0 bridgehead atoms. The van der Waals surface area contributed by atoms with Crippen LogP contribution in [-0.4, -0.2) is 21.3 Å². The smallest absolute Gasteiger partial charge is 0.127 e. The highest BCUT2D eigenvalue weighted by Crippen LogP contribution is 2.39. The fourth-order valence-corrected chi connectivity index (χ4v) is 9.96. The zero-order valence-corrected chi connectivity index (χ0v) is 27.0. The summed E-state index contributed by atoms with van der Waals surface area (Å²) in [4.78, 5) is 0. The van der Waals surface area contributed by atoms with Crippen molar-refractivity contribution in [1.29, 1.82) is 0 Å². The first-order chi connectivity index (χ1) is 21.7. The number of hydrogen-bond donors (Lipinski definition) is 0. The number of hydrogen-bond acceptors (Lipinski definition) is 3. The summed E-state index contributed by atoms with van der Waals surface area (Å²) in [7, 11) is 3.84. The van der Waals surface area contributed by atoms with Gasteiger partial charge >= 0.3 is 0 Å². The van der Waals surface area contributed by atoms with E-state index in [1.165, 1.54) is 31.8 Å². The first-order valence-electron chi connectivity index (χ1n) is 14.4.